The number of aromatic hydroxyl groups is 1. The summed E-state index contributed by atoms with van der Waals surface area (Å²) in [4.78, 5) is 1.17. The zero-order valence-electron chi connectivity index (χ0n) is 14.5. The van der Waals surface area contributed by atoms with E-state index in [0.29, 0.717) is 16.3 Å². The van der Waals surface area contributed by atoms with Crippen molar-refractivity contribution in [3.63, 3.8) is 0 Å². The summed E-state index contributed by atoms with van der Waals surface area (Å²) in [5, 5.41) is 19.7. The third kappa shape index (κ3) is 3.13. The molecule has 128 valence electrons. The van der Waals surface area contributed by atoms with Gasteiger partial charge in [0, 0.05) is 15.9 Å². The number of thiophene rings is 1. The maximum atomic E-state index is 9.69. The average Bonchev–Trinajstić information content (AvgIpc) is 2.90. The Balaban J connectivity index is 1.98. The van der Waals surface area contributed by atoms with E-state index in [-0.39, 0.29) is 11.2 Å². The van der Waals surface area contributed by atoms with Crippen LogP contribution in [0.3, 0.4) is 0 Å². The van der Waals surface area contributed by atoms with Gasteiger partial charge in [0.05, 0.1) is 12.7 Å². The zero-order chi connectivity index (χ0) is 18.2. The molecule has 1 aliphatic carbocycles. The fraction of sp³-hybridized carbons (Fsp3) is 0.250. The number of anilines is 1. The number of nitrogens with two attached hydrogens (primary N) is 1. The summed E-state index contributed by atoms with van der Waals surface area (Å²) in [6, 6.07) is 7.46. The molecule has 25 heavy (non-hydrogen) atoms. The van der Waals surface area contributed by atoms with Gasteiger partial charge in [0.25, 0.3) is 0 Å². The van der Waals surface area contributed by atoms with E-state index in [1.807, 2.05) is 18.2 Å². The molecule has 2 aromatic rings. The van der Waals surface area contributed by atoms with E-state index in [1.165, 1.54) is 23.3 Å². The standard InChI is InChI=1S/C20H20N2O2S/c1-20(2)10-13(8-14-15(11-21)19(22)25-18(14)20)5-4-12-6-7-16(23)17(9-12)24-3/h4-9,23H,10,22H2,1-3H3/b5-4+. The van der Waals surface area contributed by atoms with Crippen molar-refractivity contribution < 1.29 is 9.84 Å². The lowest BCUT2D eigenvalue weighted by Crippen LogP contribution is -2.20. The van der Waals surface area contributed by atoms with Crippen LogP contribution in [0.1, 0.15) is 41.8 Å². The lowest BCUT2D eigenvalue weighted by molar-refractivity contribution is 0.373. The van der Waals surface area contributed by atoms with Crippen LogP contribution in [-0.2, 0) is 5.41 Å². The number of hydrogen-bond donors (Lipinski definition) is 2. The summed E-state index contributed by atoms with van der Waals surface area (Å²) in [6.45, 7) is 4.35. The topological polar surface area (TPSA) is 79.3 Å². The van der Waals surface area contributed by atoms with Crippen LogP contribution in [0.2, 0.25) is 0 Å². The molecule has 0 saturated carbocycles. The molecule has 0 bridgehead atoms. The number of nitrogen functional groups attached to an aromatic ring is 1. The van der Waals surface area contributed by atoms with Crippen LogP contribution in [0.5, 0.6) is 11.5 Å². The van der Waals surface area contributed by atoms with Crippen molar-refractivity contribution >= 4 is 28.5 Å². The van der Waals surface area contributed by atoms with E-state index in [1.54, 1.807) is 12.1 Å². The predicted octanol–water partition coefficient (Wildman–Crippen LogP) is 4.69. The van der Waals surface area contributed by atoms with Crippen molar-refractivity contribution in [1.82, 2.24) is 0 Å². The lowest BCUT2D eigenvalue weighted by atomic mass is 9.77. The van der Waals surface area contributed by atoms with Gasteiger partial charge in [-0.25, -0.2) is 0 Å². The highest BCUT2D eigenvalue weighted by atomic mass is 32.1. The Morgan fingerprint density at radius 1 is 1.36 bits per heavy atom. The molecule has 1 aromatic heterocycles. The van der Waals surface area contributed by atoms with Crippen LogP contribution in [-0.4, -0.2) is 12.2 Å². The van der Waals surface area contributed by atoms with Gasteiger partial charge in [0.1, 0.15) is 11.1 Å². The number of nitrogens with zero attached hydrogens (tertiary/aromatic N) is 1. The van der Waals surface area contributed by atoms with Crippen LogP contribution in [0.25, 0.3) is 12.2 Å². The Morgan fingerprint density at radius 2 is 2.12 bits per heavy atom. The molecule has 0 amide bonds. The Morgan fingerprint density at radius 3 is 2.80 bits per heavy atom. The number of phenolic OH excluding ortho intramolecular Hbond substituents is 1. The first-order valence-corrected chi connectivity index (χ1v) is 8.76. The fourth-order valence-electron chi connectivity index (χ4n) is 3.15. The quantitative estimate of drug-likeness (QED) is 0.839. The highest BCUT2D eigenvalue weighted by molar-refractivity contribution is 7.16. The molecule has 3 N–H and O–H groups in total. The highest BCUT2D eigenvalue weighted by Crippen LogP contribution is 2.46. The van der Waals surface area contributed by atoms with Gasteiger partial charge in [0.2, 0.25) is 0 Å². The SMILES string of the molecule is COc1cc(/C=C/C2=Cc3c(sc(N)c3C#N)C(C)(C)C2)ccc1O. The summed E-state index contributed by atoms with van der Waals surface area (Å²) >= 11 is 1.51. The minimum atomic E-state index is -0.0652. The minimum Gasteiger partial charge on any atom is -0.504 e. The molecule has 0 fully saturated rings. The molecule has 0 radical (unpaired) electrons. The summed E-state index contributed by atoms with van der Waals surface area (Å²) in [7, 11) is 1.53. The van der Waals surface area contributed by atoms with Crippen molar-refractivity contribution in [3.05, 3.63) is 51.4 Å². The van der Waals surface area contributed by atoms with Crippen LogP contribution in [0.15, 0.2) is 29.8 Å². The zero-order valence-corrected chi connectivity index (χ0v) is 15.3. The largest absolute Gasteiger partial charge is 0.504 e. The van der Waals surface area contributed by atoms with Crippen molar-refractivity contribution in [1.29, 1.82) is 5.26 Å². The molecule has 1 aromatic carbocycles. The Hall–Kier alpha value is -2.71. The number of benzene rings is 1. The first-order chi connectivity index (χ1) is 11.9. The third-order valence-corrected chi connectivity index (χ3v) is 5.77. The minimum absolute atomic E-state index is 0.0652. The Bertz CT molecular complexity index is 930. The number of hydrogen-bond acceptors (Lipinski definition) is 5. The van der Waals surface area contributed by atoms with Gasteiger partial charge in [-0.3, -0.25) is 0 Å². The van der Waals surface area contributed by atoms with E-state index in [9.17, 15) is 10.4 Å². The molecule has 1 aliphatic rings. The van der Waals surface area contributed by atoms with Gasteiger partial charge in [0.15, 0.2) is 11.5 Å². The molecule has 0 aliphatic heterocycles. The summed E-state index contributed by atoms with van der Waals surface area (Å²) < 4.78 is 5.14. The fourth-order valence-corrected chi connectivity index (χ4v) is 4.25. The van der Waals surface area contributed by atoms with Crippen LogP contribution < -0.4 is 10.5 Å². The smallest absolute Gasteiger partial charge is 0.161 e. The maximum Gasteiger partial charge on any atom is 0.161 e. The van der Waals surface area contributed by atoms with Gasteiger partial charge in [-0.05, 0) is 35.8 Å². The molecule has 0 atom stereocenters. The van der Waals surface area contributed by atoms with E-state index >= 15 is 0 Å². The lowest BCUT2D eigenvalue weighted by Gasteiger charge is -2.29. The van der Waals surface area contributed by atoms with Gasteiger partial charge < -0.3 is 15.6 Å². The number of ether oxygens (including phenoxy) is 1. The van der Waals surface area contributed by atoms with Crippen LogP contribution >= 0.6 is 11.3 Å². The maximum absolute atomic E-state index is 9.69. The summed E-state index contributed by atoms with van der Waals surface area (Å²) in [6.07, 6.45) is 6.96. The number of rotatable bonds is 3. The number of allylic oxidation sites excluding steroid dienone is 2. The van der Waals surface area contributed by atoms with Gasteiger partial charge in [-0.1, -0.05) is 32.1 Å². The number of phenols is 1. The second-order valence-electron chi connectivity index (χ2n) is 6.74. The Kier molecular flexibility index (Phi) is 4.32. The van der Waals surface area contributed by atoms with Gasteiger partial charge >= 0.3 is 0 Å². The van der Waals surface area contributed by atoms with Crippen molar-refractivity contribution in [2.24, 2.45) is 0 Å². The van der Waals surface area contributed by atoms with E-state index in [2.05, 4.69) is 26.0 Å². The van der Waals surface area contributed by atoms with Gasteiger partial charge in [-0.15, -0.1) is 11.3 Å². The van der Waals surface area contributed by atoms with E-state index < -0.39 is 0 Å². The average molecular weight is 352 g/mol. The molecule has 4 nitrogen and oxygen atoms in total. The molecular weight excluding hydrogens is 332 g/mol. The number of nitriles is 1. The number of methoxy groups -OCH3 is 1. The molecular formula is C20H20N2O2S. The molecule has 0 unspecified atom stereocenters. The first kappa shape index (κ1) is 17.1. The molecule has 0 saturated heterocycles. The molecule has 5 heteroatoms. The first-order valence-electron chi connectivity index (χ1n) is 7.94. The summed E-state index contributed by atoms with van der Waals surface area (Å²) in [5.41, 5.74) is 9.55. The second-order valence-corrected chi connectivity index (χ2v) is 7.79. The predicted molar refractivity (Wildman–Crippen MR) is 103 cm³/mol. The van der Waals surface area contributed by atoms with Crippen LogP contribution in [0.4, 0.5) is 5.00 Å². The van der Waals surface area contributed by atoms with Crippen molar-refractivity contribution in [2.75, 3.05) is 12.8 Å². The number of fused-ring (bicyclic) bond motifs is 1. The van der Waals surface area contributed by atoms with E-state index in [4.69, 9.17) is 10.5 Å². The third-order valence-electron chi connectivity index (χ3n) is 4.37. The highest BCUT2D eigenvalue weighted by Gasteiger charge is 2.32. The van der Waals surface area contributed by atoms with E-state index in [0.717, 1.165) is 23.1 Å². The van der Waals surface area contributed by atoms with Crippen LogP contribution in [0, 0.1) is 11.3 Å². The molecule has 0 spiro atoms. The normalized spacial score (nSPS) is 15.5. The second kappa shape index (κ2) is 6.30. The van der Waals surface area contributed by atoms with Gasteiger partial charge in [-0.2, -0.15) is 5.26 Å². The summed E-state index contributed by atoms with van der Waals surface area (Å²) in [5.74, 6) is 0.564. The molecule has 1 heterocycles. The monoisotopic (exact) mass is 352 g/mol. The van der Waals surface area contributed by atoms with Crippen molar-refractivity contribution in [3.8, 4) is 17.6 Å². The van der Waals surface area contributed by atoms with Crippen molar-refractivity contribution in [2.45, 2.75) is 25.7 Å². The Labute approximate surface area is 151 Å². The molecule has 3 rings (SSSR count).